The highest BCUT2D eigenvalue weighted by atomic mass is 16.2. The molecule has 6 heteroatoms. The number of aldehydes is 2. The zero-order chi connectivity index (χ0) is 23.3. The molecule has 0 amide bonds. The second-order valence-corrected chi connectivity index (χ2v) is 9.04. The first-order valence-corrected chi connectivity index (χ1v) is 10.3. The van der Waals surface area contributed by atoms with E-state index in [-0.39, 0.29) is 11.1 Å². The number of rotatable bonds is 5. The summed E-state index contributed by atoms with van der Waals surface area (Å²) < 4.78 is 0. The summed E-state index contributed by atoms with van der Waals surface area (Å²) in [6.45, 7) is 7.90. The predicted molar refractivity (Wildman–Crippen MR) is 126 cm³/mol. The van der Waals surface area contributed by atoms with E-state index in [2.05, 4.69) is 22.1 Å². The summed E-state index contributed by atoms with van der Waals surface area (Å²) in [6.07, 6.45) is 2.83. The van der Waals surface area contributed by atoms with E-state index < -0.39 is 10.8 Å². The summed E-state index contributed by atoms with van der Waals surface area (Å²) in [6, 6.07) is 11.9. The van der Waals surface area contributed by atoms with Crippen LogP contribution in [0.5, 0.6) is 0 Å². The summed E-state index contributed by atoms with van der Waals surface area (Å²) in [5, 5.41) is 18.9. The Kier molecular flexibility index (Phi) is 4.96. The minimum absolute atomic E-state index is 0.166. The van der Waals surface area contributed by atoms with E-state index in [0.29, 0.717) is 24.0 Å². The van der Waals surface area contributed by atoms with Crippen LogP contribution in [0.3, 0.4) is 0 Å². The van der Waals surface area contributed by atoms with Crippen molar-refractivity contribution < 1.29 is 19.8 Å². The van der Waals surface area contributed by atoms with Crippen LogP contribution in [0.25, 0.3) is 11.1 Å². The van der Waals surface area contributed by atoms with Crippen LogP contribution in [-0.2, 0) is 20.4 Å². The lowest BCUT2D eigenvalue weighted by atomic mass is 9.77. The number of carbonyl (C=O) groups is 2. The second kappa shape index (κ2) is 7.41. The van der Waals surface area contributed by atoms with Crippen molar-refractivity contribution in [3.05, 3.63) is 71.2 Å². The molecule has 0 fully saturated rings. The average Bonchev–Trinajstić information content (AvgIpc) is 3.20. The van der Waals surface area contributed by atoms with Crippen LogP contribution in [0.4, 0.5) is 11.4 Å². The van der Waals surface area contributed by atoms with Crippen molar-refractivity contribution in [1.29, 1.82) is 0 Å². The largest absolute Gasteiger partial charge is 0.515 e. The number of fused-ring (bicyclic) bond motifs is 2. The number of carbonyl (C=O) groups excluding carboxylic acids is 2. The minimum atomic E-state index is -0.544. The van der Waals surface area contributed by atoms with Gasteiger partial charge >= 0.3 is 0 Å². The standard InChI is InChI=1S/C26H24N2O4/c1-25(2)19-9-15(5-7-21(19)27-23(25)17(11-29)12-30)16-6-8-22-20(10-16)26(3,4)24(28-22)18(13-31)14-32/h5-14,29,31H,1-4H3/b17-11+,18-13+. The number of aliphatic hydroxyl groups is 2. The van der Waals surface area contributed by atoms with Crippen molar-refractivity contribution in [2.75, 3.05) is 0 Å². The molecular formula is C26H24N2O4. The molecule has 162 valence electrons. The number of hydrogen-bond acceptors (Lipinski definition) is 6. The van der Waals surface area contributed by atoms with E-state index in [4.69, 9.17) is 0 Å². The maximum atomic E-state index is 11.4. The molecule has 2 heterocycles. The fraction of sp³-hybridized carbons (Fsp3) is 0.231. The lowest BCUT2D eigenvalue weighted by Crippen LogP contribution is -2.28. The molecule has 0 aliphatic carbocycles. The van der Waals surface area contributed by atoms with Gasteiger partial charge in [0.15, 0.2) is 12.6 Å². The van der Waals surface area contributed by atoms with Crippen molar-refractivity contribution in [2.24, 2.45) is 9.98 Å². The van der Waals surface area contributed by atoms with Gasteiger partial charge in [-0.05, 0) is 46.5 Å². The Morgan fingerprint density at radius 3 is 1.41 bits per heavy atom. The maximum Gasteiger partial charge on any atom is 0.155 e. The highest BCUT2D eigenvalue weighted by Crippen LogP contribution is 2.46. The molecule has 0 saturated heterocycles. The topological polar surface area (TPSA) is 99.3 Å². The van der Waals surface area contributed by atoms with Gasteiger partial charge < -0.3 is 10.2 Å². The van der Waals surface area contributed by atoms with Crippen molar-refractivity contribution in [3.8, 4) is 11.1 Å². The summed E-state index contributed by atoms with van der Waals surface area (Å²) in [4.78, 5) is 31.9. The Morgan fingerprint density at radius 1 is 0.719 bits per heavy atom. The van der Waals surface area contributed by atoms with Crippen molar-refractivity contribution >= 4 is 35.4 Å². The van der Waals surface area contributed by atoms with Gasteiger partial charge in [0.25, 0.3) is 0 Å². The number of nitrogens with zero attached hydrogens (tertiary/aromatic N) is 2. The van der Waals surface area contributed by atoms with Gasteiger partial charge in [0.1, 0.15) is 0 Å². The Balaban J connectivity index is 1.76. The first-order chi connectivity index (χ1) is 15.2. The zero-order valence-corrected chi connectivity index (χ0v) is 18.4. The van der Waals surface area contributed by atoms with Gasteiger partial charge in [0, 0.05) is 10.8 Å². The van der Waals surface area contributed by atoms with Crippen molar-refractivity contribution in [3.63, 3.8) is 0 Å². The first-order valence-electron chi connectivity index (χ1n) is 10.3. The third kappa shape index (κ3) is 3.02. The number of allylic oxidation sites excluding steroid dienone is 2. The lowest BCUT2D eigenvalue weighted by molar-refractivity contribution is -0.105. The summed E-state index contributed by atoms with van der Waals surface area (Å²) in [5.74, 6) is 0. The molecule has 32 heavy (non-hydrogen) atoms. The molecule has 2 aromatic rings. The molecule has 0 radical (unpaired) electrons. The lowest BCUT2D eigenvalue weighted by Gasteiger charge is -2.23. The molecule has 2 aromatic carbocycles. The number of benzene rings is 2. The fourth-order valence-electron chi connectivity index (χ4n) is 4.55. The highest BCUT2D eigenvalue weighted by Gasteiger charge is 2.38. The molecule has 4 rings (SSSR count). The third-order valence-electron chi connectivity index (χ3n) is 6.40. The molecule has 0 aromatic heterocycles. The van der Waals surface area contributed by atoms with Gasteiger partial charge in [0.2, 0.25) is 0 Å². The van der Waals surface area contributed by atoms with Crippen molar-refractivity contribution in [1.82, 2.24) is 0 Å². The summed E-state index contributed by atoms with van der Waals surface area (Å²) in [5.41, 5.74) is 5.75. The Morgan fingerprint density at radius 2 is 1.09 bits per heavy atom. The zero-order valence-electron chi connectivity index (χ0n) is 18.4. The molecule has 2 N–H and O–H groups in total. The van der Waals surface area contributed by atoms with Gasteiger partial charge in [0.05, 0.1) is 46.5 Å². The molecular weight excluding hydrogens is 404 g/mol. The van der Waals surface area contributed by atoms with Crippen LogP contribution in [0, 0.1) is 0 Å². The Bertz CT molecular complexity index is 1180. The first kappa shape index (κ1) is 21.4. The molecule has 0 spiro atoms. The van der Waals surface area contributed by atoms with Gasteiger partial charge in [-0.1, -0.05) is 39.8 Å². The third-order valence-corrected chi connectivity index (χ3v) is 6.40. The van der Waals surface area contributed by atoms with Crippen LogP contribution in [0.15, 0.2) is 70.1 Å². The minimum Gasteiger partial charge on any atom is -0.515 e. The van der Waals surface area contributed by atoms with Crippen LogP contribution in [-0.4, -0.2) is 34.2 Å². The van der Waals surface area contributed by atoms with Gasteiger partial charge in [-0.15, -0.1) is 0 Å². The summed E-state index contributed by atoms with van der Waals surface area (Å²) in [7, 11) is 0. The normalized spacial score (nSPS) is 18.5. The predicted octanol–water partition coefficient (Wildman–Crippen LogP) is 5.36. The number of hydrogen-bond donors (Lipinski definition) is 2. The van der Waals surface area contributed by atoms with E-state index in [1.807, 2.05) is 52.0 Å². The molecule has 0 bridgehead atoms. The monoisotopic (exact) mass is 428 g/mol. The smallest absolute Gasteiger partial charge is 0.155 e. The van der Waals surface area contributed by atoms with E-state index in [1.54, 1.807) is 0 Å². The van der Waals surface area contributed by atoms with Crippen molar-refractivity contribution in [2.45, 2.75) is 38.5 Å². The highest BCUT2D eigenvalue weighted by molar-refractivity contribution is 6.22. The van der Waals surface area contributed by atoms with Gasteiger partial charge in [-0.3, -0.25) is 19.6 Å². The number of aliphatic hydroxyl groups excluding tert-OH is 2. The molecule has 0 atom stereocenters. The second-order valence-electron chi connectivity index (χ2n) is 9.04. The fourth-order valence-corrected chi connectivity index (χ4v) is 4.55. The quantitative estimate of drug-likeness (QED) is 0.380. The molecule has 2 aliphatic rings. The molecule has 6 nitrogen and oxygen atoms in total. The number of aliphatic imine (C=N–C) groups is 2. The Labute approximate surface area is 186 Å². The van der Waals surface area contributed by atoms with Gasteiger partial charge in [-0.25, -0.2) is 0 Å². The maximum absolute atomic E-state index is 11.4. The average molecular weight is 428 g/mol. The van der Waals surface area contributed by atoms with Gasteiger partial charge in [-0.2, -0.15) is 0 Å². The molecule has 0 unspecified atom stereocenters. The Hall–Kier alpha value is -3.80. The van der Waals surface area contributed by atoms with E-state index in [0.717, 1.165) is 46.2 Å². The van der Waals surface area contributed by atoms with Crippen LogP contribution in [0.1, 0.15) is 38.8 Å². The van der Waals surface area contributed by atoms with E-state index in [1.165, 1.54) is 0 Å². The summed E-state index contributed by atoms with van der Waals surface area (Å²) >= 11 is 0. The molecule has 2 aliphatic heterocycles. The SMILES string of the molecule is CC1(C)C(/C(C=O)=C/O)=Nc2ccc(-c3ccc4c(c3)C(C)(C)C(/C(C=O)=C/O)=N4)cc21. The van der Waals surface area contributed by atoms with E-state index in [9.17, 15) is 19.8 Å². The van der Waals surface area contributed by atoms with Crippen LogP contribution >= 0.6 is 0 Å². The van der Waals surface area contributed by atoms with Crippen LogP contribution in [0.2, 0.25) is 0 Å². The van der Waals surface area contributed by atoms with Crippen LogP contribution < -0.4 is 0 Å². The van der Waals surface area contributed by atoms with E-state index >= 15 is 0 Å². The molecule has 0 saturated carbocycles.